The SMILES string of the molecule is COc1ccc(CNC(=O)Nc2sccc2C(=O)O)cn1. The number of urea groups is 1. The standard InChI is InChI=1S/C13H13N3O4S/c1-20-10-3-2-8(6-14-10)7-15-13(19)16-11-9(12(17)18)4-5-21-11/h2-6H,7H2,1H3,(H,17,18)(H2,15,16,19). The Bertz CT molecular complexity index is 639. The lowest BCUT2D eigenvalue weighted by Crippen LogP contribution is -2.28. The number of carbonyl (C=O) groups excluding carboxylic acids is 1. The molecule has 0 saturated heterocycles. The molecule has 7 nitrogen and oxygen atoms in total. The molecule has 110 valence electrons. The number of rotatable bonds is 5. The summed E-state index contributed by atoms with van der Waals surface area (Å²) >= 11 is 1.15. The number of aromatic carboxylic acids is 1. The maximum Gasteiger partial charge on any atom is 0.338 e. The third-order valence-corrected chi connectivity index (χ3v) is 3.41. The summed E-state index contributed by atoms with van der Waals surface area (Å²) in [4.78, 5) is 26.7. The van der Waals surface area contributed by atoms with Crippen LogP contribution >= 0.6 is 11.3 Å². The van der Waals surface area contributed by atoms with Gasteiger partial charge in [-0.3, -0.25) is 5.32 Å². The van der Waals surface area contributed by atoms with Crippen LogP contribution in [0.5, 0.6) is 5.88 Å². The average Bonchev–Trinajstić information content (AvgIpc) is 2.94. The van der Waals surface area contributed by atoms with Gasteiger partial charge in [0.2, 0.25) is 5.88 Å². The van der Waals surface area contributed by atoms with Crippen LogP contribution in [-0.4, -0.2) is 29.2 Å². The Morgan fingerprint density at radius 2 is 2.19 bits per heavy atom. The van der Waals surface area contributed by atoms with Crippen LogP contribution in [0.3, 0.4) is 0 Å². The van der Waals surface area contributed by atoms with Gasteiger partial charge in [0.15, 0.2) is 0 Å². The Labute approximate surface area is 124 Å². The Balaban J connectivity index is 1.89. The van der Waals surface area contributed by atoms with Crippen LogP contribution < -0.4 is 15.4 Å². The molecule has 0 aliphatic carbocycles. The number of nitrogens with zero attached hydrogens (tertiary/aromatic N) is 1. The average molecular weight is 307 g/mol. The van der Waals surface area contributed by atoms with Crippen molar-refractivity contribution in [1.29, 1.82) is 0 Å². The van der Waals surface area contributed by atoms with E-state index >= 15 is 0 Å². The van der Waals surface area contributed by atoms with Gasteiger partial charge in [0.25, 0.3) is 0 Å². The number of thiophene rings is 1. The lowest BCUT2D eigenvalue weighted by molar-refractivity contribution is 0.0698. The van der Waals surface area contributed by atoms with Crippen LogP contribution in [0.25, 0.3) is 0 Å². The maximum absolute atomic E-state index is 11.7. The normalized spacial score (nSPS) is 9.95. The highest BCUT2D eigenvalue weighted by molar-refractivity contribution is 7.14. The minimum atomic E-state index is -1.08. The second-order valence-corrected chi connectivity index (χ2v) is 4.90. The Morgan fingerprint density at radius 1 is 1.38 bits per heavy atom. The molecule has 2 amide bonds. The van der Waals surface area contributed by atoms with Crippen LogP contribution in [0.2, 0.25) is 0 Å². The van der Waals surface area contributed by atoms with Crippen molar-refractivity contribution in [2.45, 2.75) is 6.54 Å². The van der Waals surface area contributed by atoms with E-state index in [4.69, 9.17) is 9.84 Å². The number of methoxy groups -OCH3 is 1. The summed E-state index contributed by atoms with van der Waals surface area (Å²) in [5.41, 5.74) is 0.872. The Hall–Kier alpha value is -2.61. The lowest BCUT2D eigenvalue weighted by Gasteiger charge is -2.07. The number of carboxylic acid groups (broad SMARTS) is 1. The predicted octanol–water partition coefficient (Wildman–Crippen LogP) is 2.17. The third kappa shape index (κ3) is 3.93. The molecule has 0 bridgehead atoms. The molecule has 0 fully saturated rings. The number of nitrogens with one attached hydrogen (secondary N) is 2. The summed E-state index contributed by atoms with van der Waals surface area (Å²) in [7, 11) is 1.52. The van der Waals surface area contributed by atoms with Crippen LogP contribution in [0.4, 0.5) is 9.80 Å². The van der Waals surface area contributed by atoms with Crippen molar-refractivity contribution in [3.63, 3.8) is 0 Å². The summed E-state index contributed by atoms with van der Waals surface area (Å²) in [6.45, 7) is 0.274. The van der Waals surface area contributed by atoms with Gasteiger partial charge >= 0.3 is 12.0 Å². The highest BCUT2D eigenvalue weighted by Crippen LogP contribution is 2.22. The molecule has 0 aliphatic rings. The van der Waals surface area contributed by atoms with Crippen molar-refractivity contribution >= 4 is 28.3 Å². The molecule has 0 spiro atoms. The number of anilines is 1. The van der Waals surface area contributed by atoms with Gasteiger partial charge in [0.05, 0.1) is 12.7 Å². The molecule has 21 heavy (non-hydrogen) atoms. The van der Waals surface area contributed by atoms with E-state index in [9.17, 15) is 9.59 Å². The van der Waals surface area contributed by atoms with Crippen molar-refractivity contribution in [2.24, 2.45) is 0 Å². The molecule has 2 aromatic heterocycles. The number of hydrogen-bond acceptors (Lipinski definition) is 5. The van der Waals surface area contributed by atoms with E-state index in [1.807, 2.05) is 0 Å². The molecular weight excluding hydrogens is 294 g/mol. The van der Waals surface area contributed by atoms with Gasteiger partial charge in [-0.2, -0.15) is 0 Å². The number of pyridine rings is 1. The van der Waals surface area contributed by atoms with E-state index in [-0.39, 0.29) is 12.1 Å². The summed E-state index contributed by atoms with van der Waals surface area (Å²) in [5, 5.41) is 16.0. The molecule has 2 aromatic rings. The molecule has 8 heteroatoms. The van der Waals surface area contributed by atoms with E-state index in [0.29, 0.717) is 10.9 Å². The summed E-state index contributed by atoms with van der Waals surface area (Å²) in [6.07, 6.45) is 1.59. The minimum Gasteiger partial charge on any atom is -0.481 e. The fraction of sp³-hybridized carbons (Fsp3) is 0.154. The number of hydrogen-bond donors (Lipinski definition) is 3. The summed E-state index contributed by atoms with van der Waals surface area (Å²) in [5.74, 6) is -0.584. The smallest absolute Gasteiger partial charge is 0.338 e. The first-order valence-corrected chi connectivity index (χ1v) is 6.82. The van der Waals surface area contributed by atoms with Gasteiger partial charge in [-0.1, -0.05) is 6.07 Å². The fourth-order valence-electron chi connectivity index (χ4n) is 1.54. The van der Waals surface area contributed by atoms with E-state index < -0.39 is 12.0 Å². The second-order valence-electron chi connectivity index (χ2n) is 3.99. The highest BCUT2D eigenvalue weighted by atomic mass is 32.1. The fourth-order valence-corrected chi connectivity index (χ4v) is 2.31. The molecular formula is C13H13N3O4S. The van der Waals surface area contributed by atoms with Gasteiger partial charge in [-0.05, 0) is 17.0 Å². The van der Waals surface area contributed by atoms with Crippen molar-refractivity contribution < 1.29 is 19.4 Å². The molecule has 2 heterocycles. The zero-order valence-electron chi connectivity index (χ0n) is 11.1. The second kappa shape index (κ2) is 6.71. The van der Waals surface area contributed by atoms with Gasteiger partial charge in [-0.25, -0.2) is 14.6 Å². The number of ether oxygens (including phenoxy) is 1. The summed E-state index contributed by atoms with van der Waals surface area (Å²) in [6, 6.07) is 4.43. The number of amides is 2. The first-order valence-electron chi connectivity index (χ1n) is 5.94. The molecule has 0 aromatic carbocycles. The minimum absolute atomic E-state index is 0.0706. The van der Waals surface area contributed by atoms with Crippen molar-refractivity contribution in [2.75, 3.05) is 12.4 Å². The zero-order chi connectivity index (χ0) is 15.2. The van der Waals surface area contributed by atoms with Crippen molar-refractivity contribution in [1.82, 2.24) is 10.3 Å². The van der Waals surface area contributed by atoms with E-state index in [0.717, 1.165) is 16.9 Å². The molecule has 2 rings (SSSR count). The molecule has 3 N–H and O–H groups in total. The lowest BCUT2D eigenvalue weighted by atomic mass is 10.3. The van der Waals surface area contributed by atoms with Crippen molar-refractivity contribution in [3.05, 3.63) is 40.9 Å². The quantitative estimate of drug-likeness (QED) is 0.786. The predicted molar refractivity (Wildman–Crippen MR) is 77.9 cm³/mol. The third-order valence-electron chi connectivity index (χ3n) is 2.58. The van der Waals surface area contributed by atoms with Gasteiger partial charge in [0.1, 0.15) is 5.00 Å². The molecule has 0 unspecified atom stereocenters. The zero-order valence-corrected chi connectivity index (χ0v) is 11.9. The number of aromatic nitrogens is 1. The van der Waals surface area contributed by atoms with Gasteiger partial charge < -0.3 is 15.2 Å². The highest BCUT2D eigenvalue weighted by Gasteiger charge is 2.13. The van der Waals surface area contributed by atoms with E-state index in [2.05, 4.69) is 15.6 Å². The van der Waals surface area contributed by atoms with Crippen LogP contribution in [0.1, 0.15) is 15.9 Å². The number of carbonyl (C=O) groups is 2. The monoisotopic (exact) mass is 307 g/mol. The molecule has 0 aliphatic heterocycles. The van der Waals surface area contributed by atoms with Crippen LogP contribution in [0.15, 0.2) is 29.8 Å². The first-order chi connectivity index (χ1) is 10.1. The van der Waals surface area contributed by atoms with E-state index in [1.165, 1.54) is 13.2 Å². The Kier molecular flexibility index (Phi) is 4.72. The Morgan fingerprint density at radius 3 is 2.81 bits per heavy atom. The summed E-state index contributed by atoms with van der Waals surface area (Å²) < 4.78 is 4.94. The largest absolute Gasteiger partial charge is 0.481 e. The van der Waals surface area contributed by atoms with Crippen LogP contribution in [0, 0.1) is 0 Å². The van der Waals surface area contributed by atoms with Crippen molar-refractivity contribution in [3.8, 4) is 5.88 Å². The topological polar surface area (TPSA) is 101 Å². The maximum atomic E-state index is 11.7. The van der Waals surface area contributed by atoms with Gasteiger partial charge in [0, 0.05) is 18.8 Å². The van der Waals surface area contributed by atoms with Gasteiger partial charge in [-0.15, -0.1) is 11.3 Å². The van der Waals surface area contributed by atoms with Crippen LogP contribution in [-0.2, 0) is 6.54 Å². The molecule has 0 saturated carbocycles. The molecule has 0 atom stereocenters. The number of carboxylic acids is 1. The van der Waals surface area contributed by atoms with E-state index in [1.54, 1.807) is 23.7 Å². The molecule has 0 radical (unpaired) electrons. The first kappa shape index (κ1) is 14.8.